The molecule has 2 aromatic rings. The first-order valence-corrected chi connectivity index (χ1v) is 10.2. The molecule has 3 rings (SSSR count). The van der Waals surface area contributed by atoms with Crippen molar-refractivity contribution in [3.63, 3.8) is 0 Å². The first kappa shape index (κ1) is 23.7. The molecule has 0 saturated carbocycles. The molecular weight excluding hydrogens is 477 g/mol. The molecule has 2 heterocycles. The van der Waals surface area contributed by atoms with E-state index in [0.29, 0.717) is 6.04 Å². The zero-order chi connectivity index (χ0) is 19.9. The van der Waals surface area contributed by atoms with Crippen LogP contribution >= 0.6 is 24.0 Å². The molecule has 160 valence electrons. The van der Waals surface area contributed by atoms with Crippen molar-refractivity contribution in [1.82, 2.24) is 20.7 Å². The number of nitrogens with one attached hydrogen (secondary N) is 2. The number of likely N-dealkylation sites (tertiary alicyclic amines) is 1. The fraction of sp³-hybridized carbons (Fsp3) is 0.545. The van der Waals surface area contributed by atoms with E-state index in [-0.39, 0.29) is 24.0 Å². The lowest BCUT2D eigenvalue weighted by molar-refractivity contribution is 0.198. The second-order valence-corrected chi connectivity index (χ2v) is 7.74. The van der Waals surface area contributed by atoms with Gasteiger partial charge in [0, 0.05) is 44.8 Å². The van der Waals surface area contributed by atoms with E-state index in [1.165, 1.54) is 16.7 Å². The van der Waals surface area contributed by atoms with E-state index in [2.05, 4.69) is 56.9 Å². The van der Waals surface area contributed by atoms with Gasteiger partial charge in [0.25, 0.3) is 0 Å². The Morgan fingerprint density at radius 2 is 2.00 bits per heavy atom. The molecule has 0 atom stereocenters. The number of hydrogen-bond acceptors (Lipinski definition) is 4. The van der Waals surface area contributed by atoms with Gasteiger partial charge in [-0.2, -0.15) is 0 Å². The number of rotatable bonds is 6. The maximum Gasteiger partial charge on any atom is 0.191 e. The first-order chi connectivity index (χ1) is 13.5. The molecule has 2 N–H and O–H groups in total. The minimum atomic E-state index is 0. The van der Waals surface area contributed by atoms with Gasteiger partial charge in [-0.15, -0.1) is 24.0 Å². The van der Waals surface area contributed by atoms with E-state index in [4.69, 9.17) is 4.52 Å². The highest BCUT2D eigenvalue weighted by molar-refractivity contribution is 14.0. The van der Waals surface area contributed by atoms with Crippen LogP contribution in [0.25, 0.3) is 0 Å². The standard InChI is InChI=1S/C22H33N5O.HI/c1-16-6-5-7-19(14-16)15-27-12-9-20(10-13-27)25-22(23-4)24-11-8-21-17(2)26-28-18(21)3;/h5-7,14,20H,8-13,15H2,1-4H3,(H2,23,24,25);1H. The van der Waals surface area contributed by atoms with Gasteiger partial charge in [-0.25, -0.2) is 0 Å². The van der Waals surface area contributed by atoms with Gasteiger partial charge in [-0.05, 0) is 45.6 Å². The quantitative estimate of drug-likeness (QED) is 0.353. The Morgan fingerprint density at radius 3 is 2.62 bits per heavy atom. The molecule has 0 spiro atoms. The Bertz CT molecular complexity index is 777. The zero-order valence-electron chi connectivity index (χ0n) is 18.0. The molecule has 0 unspecified atom stereocenters. The molecule has 1 aliphatic rings. The van der Waals surface area contributed by atoms with Crippen LogP contribution in [0.3, 0.4) is 0 Å². The van der Waals surface area contributed by atoms with E-state index >= 15 is 0 Å². The molecule has 0 radical (unpaired) electrons. The van der Waals surface area contributed by atoms with Gasteiger partial charge in [0.2, 0.25) is 0 Å². The molecule has 1 saturated heterocycles. The fourth-order valence-corrected chi connectivity index (χ4v) is 3.86. The molecule has 0 bridgehead atoms. The first-order valence-electron chi connectivity index (χ1n) is 10.2. The summed E-state index contributed by atoms with van der Waals surface area (Å²) >= 11 is 0. The number of aromatic nitrogens is 1. The summed E-state index contributed by atoms with van der Waals surface area (Å²) in [7, 11) is 1.83. The predicted molar refractivity (Wildman–Crippen MR) is 129 cm³/mol. The number of nitrogens with zero attached hydrogens (tertiary/aromatic N) is 3. The van der Waals surface area contributed by atoms with Crippen LogP contribution < -0.4 is 10.6 Å². The van der Waals surface area contributed by atoms with Gasteiger partial charge in [0.05, 0.1) is 5.69 Å². The molecule has 1 aliphatic heterocycles. The number of benzene rings is 1. The summed E-state index contributed by atoms with van der Waals surface area (Å²) in [4.78, 5) is 6.93. The van der Waals surface area contributed by atoms with Crippen LogP contribution in [-0.2, 0) is 13.0 Å². The Balaban J connectivity index is 0.00000300. The van der Waals surface area contributed by atoms with Crippen LogP contribution in [0.2, 0.25) is 0 Å². The highest BCUT2D eigenvalue weighted by Gasteiger charge is 2.20. The minimum absolute atomic E-state index is 0. The predicted octanol–water partition coefficient (Wildman–Crippen LogP) is 3.59. The van der Waals surface area contributed by atoms with E-state index < -0.39 is 0 Å². The van der Waals surface area contributed by atoms with Gasteiger partial charge in [-0.1, -0.05) is 35.0 Å². The van der Waals surface area contributed by atoms with Crippen molar-refractivity contribution in [1.29, 1.82) is 0 Å². The van der Waals surface area contributed by atoms with Crippen molar-refractivity contribution in [3.05, 3.63) is 52.4 Å². The average Bonchev–Trinajstić information content (AvgIpc) is 3.00. The van der Waals surface area contributed by atoms with Crippen LogP contribution in [0, 0.1) is 20.8 Å². The monoisotopic (exact) mass is 511 g/mol. The van der Waals surface area contributed by atoms with E-state index in [0.717, 1.165) is 62.9 Å². The SMILES string of the molecule is CN=C(NCCc1c(C)noc1C)NC1CCN(Cc2cccc(C)c2)CC1.I. The van der Waals surface area contributed by atoms with Gasteiger partial charge >= 0.3 is 0 Å². The smallest absolute Gasteiger partial charge is 0.191 e. The van der Waals surface area contributed by atoms with Crippen molar-refractivity contribution in [2.75, 3.05) is 26.7 Å². The summed E-state index contributed by atoms with van der Waals surface area (Å²) in [5.74, 6) is 1.78. The van der Waals surface area contributed by atoms with Crippen LogP contribution in [0.1, 0.15) is 41.0 Å². The third kappa shape index (κ3) is 6.99. The summed E-state index contributed by atoms with van der Waals surface area (Å²) in [5, 5.41) is 11.0. The second-order valence-electron chi connectivity index (χ2n) is 7.74. The lowest BCUT2D eigenvalue weighted by Crippen LogP contribution is -2.48. The van der Waals surface area contributed by atoms with Crippen molar-refractivity contribution in [2.24, 2.45) is 4.99 Å². The highest BCUT2D eigenvalue weighted by atomic mass is 127. The van der Waals surface area contributed by atoms with E-state index in [1.54, 1.807) is 0 Å². The molecule has 1 aromatic carbocycles. The van der Waals surface area contributed by atoms with Crippen molar-refractivity contribution >= 4 is 29.9 Å². The maximum absolute atomic E-state index is 5.23. The molecule has 0 aliphatic carbocycles. The van der Waals surface area contributed by atoms with Crippen molar-refractivity contribution in [2.45, 2.75) is 52.6 Å². The van der Waals surface area contributed by atoms with Crippen LogP contribution in [-0.4, -0.2) is 48.7 Å². The third-order valence-corrected chi connectivity index (χ3v) is 5.49. The Kier molecular flexibility index (Phi) is 9.42. The van der Waals surface area contributed by atoms with Crippen molar-refractivity contribution < 1.29 is 4.52 Å². The number of aliphatic imine (C=N–C) groups is 1. The largest absolute Gasteiger partial charge is 0.361 e. The molecular formula is C22H34IN5O. The number of guanidine groups is 1. The summed E-state index contributed by atoms with van der Waals surface area (Å²) in [6, 6.07) is 9.29. The minimum Gasteiger partial charge on any atom is -0.361 e. The summed E-state index contributed by atoms with van der Waals surface area (Å²) in [5.41, 5.74) is 4.90. The summed E-state index contributed by atoms with van der Waals surface area (Å²) < 4.78 is 5.23. The number of halogens is 1. The molecule has 29 heavy (non-hydrogen) atoms. The van der Waals surface area contributed by atoms with Gasteiger partial charge < -0.3 is 15.2 Å². The van der Waals surface area contributed by atoms with Crippen LogP contribution in [0.15, 0.2) is 33.8 Å². The average molecular weight is 511 g/mol. The number of aryl methyl sites for hydroxylation is 3. The van der Waals surface area contributed by atoms with Crippen molar-refractivity contribution in [3.8, 4) is 0 Å². The lowest BCUT2D eigenvalue weighted by Gasteiger charge is -2.33. The van der Waals surface area contributed by atoms with Crippen LogP contribution in [0.5, 0.6) is 0 Å². The number of piperidine rings is 1. The van der Waals surface area contributed by atoms with Gasteiger partial charge in [0.15, 0.2) is 5.96 Å². The highest BCUT2D eigenvalue weighted by Crippen LogP contribution is 2.15. The fourth-order valence-electron chi connectivity index (χ4n) is 3.86. The molecule has 1 aromatic heterocycles. The van der Waals surface area contributed by atoms with E-state index in [1.807, 2.05) is 20.9 Å². The third-order valence-electron chi connectivity index (χ3n) is 5.49. The van der Waals surface area contributed by atoms with Crippen LogP contribution in [0.4, 0.5) is 0 Å². The van der Waals surface area contributed by atoms with E-state index in [9.17, 15) is 0 Å². The zero-order valence-corrected chi connectivity index (χ0v) is 20.3. The van der Waals surface area contributed by atoms with Gasteiger partial charge in [-0.3, -0.25) is 9.89 Å². The number of hydrogen-bond donors (Lipinski definition) is 2. The topological polar surface area (TPSA) is 65.7 Å². The Morgan fingerprint density at radius 1 is 1.24 bits per heavy atom. The second kappa shape index (κ2) is 11.5. The Hall–Kier alpha value is -1.61. The molecule has 7 heteroatoms. The molecule has 0 amide bonds. The lowest BCUT2D eigenvalue weighted by atomic mass is 10.0. The maximum atomic E-state index is 5.23. The van der Waals surface area contributed by atoms with Gasteiger partial charge in [0.1, 0.15) is 5.76 Å². The summed E-state index contributed by atoms with van der Waals surface area (Å²) in [6.07, 6.45) is 3.16. The molecule has 1 fully saturated rings. The normalized spacial score (nSPS) is 15.8. The summed E-state index contributed by atoms with van der Waals surface area (Å²) in [6.45, 7) is 10.2. The Labute approximate surface area is 191 Å². The molecule has 6 nitrogen and oxygen atoms in total.